The first-order valence-electron chi connectivity index (χ1n) is 9.74. The maximum Gasteiger partial charge on any atom is 0.234 e. The van der Waals surface area contributed by atoms with Crippen molar-refractivity contribution in [2.24, 2.45) is 29.4 Å². The molecule has 0 aromatic heterocycles. The molecule has 2 rings (SSSR count). The first-order chi connectivity index (χ1) is 12.4. The highest BCUT2D eigenvalue weighted by Gasteiger charge is 2.35. The molecular formula is C21H33N3O2. The van der Waals surface area contributed by atoms with Crippen molar-refractivity contribution >= 4 is 11.8 Å². The second-order valence-corrected chi connectivity index (χ2v) is 7.91. The lowest BCUT2D eigenvalue weighted by Crippen LogP contribution is -2.44. The summed E-state index contributed by atoms with van der Waals surface area (Å²) in [4.78, 5) is 24.7. The summed E-state index contributed by atoms with van der Waals surface area (Å²) in [6, 6.07) is 9.42. The predicted octanol–water partition coefficient (Wildman–Crippen LogP) is 2.63. The second kappa shape index (κ2) is 9.72. The number of hydrogen-bond acceptors (Lipinski definition) is 3. The van der Waals surface area contributed by atoms with Gasteiger partial charge >= 0.3 is 0 Å². The van der Waals surface area contributed by atoms with E-state index in [4.69, 9.17) is 5.73 Å². The van der Waals surface area contributed by atoms with Gasteiger partial charge in [-0.25, -0.2) is 0 Å². The van der Waals surface area contributed by atoms with E-state index in [-0.39, 0.29) is 30.3 Å². The van der Waals surface area contributed by atoms with Crippen molar-refractivity contribution in [2.45, 2.75) is 46.1 Å². The monoisotopic (exact) mass is 359 g/mol. The van der Waals surface area contributed by atoms with E-state index in [2.05, 4.69) is 31.4 Å². The van der Waals surface area contributed by atoms with Crippen LogP contribution in [0.25, 0.3) is 0 Å². The van der Waals surface area contributed by atoms with Crippen LogP contribution in [0.15, 0.2) is 30.3 Å². The molecule has 1 saturated carbocycles. The van der Waals surface area contributed by atoms with Crippen LogP contribution in [0.3, 0.4) is 0 Å². The van der Waals surface area contributed by atoms with Crippen LogP contribution in [0.1, 0.15) is 51.6 Å². The molecule has 144 valence electrons. The second-order valence-electron chi connectivity index (χ2n) is 7.91. The molecule has 1 aromatic carbocycles. The van der Waals surface area contributed by atoms with Crippen molar-refractivity contribution in [2.75, 3.05) is 13.1 Å². The van der Waals surface area contributed by atoms with Crippen LogP contribution in [0.2, 0.25) is 0 Å². The van der Waals surface area contributed by atoms with Crippen molar-refractivity contribution < 1.29 is 9.59 Å². The number of amides is 2. The number of benzene rings is 1. The summed E-state index contributed by atoms with van der Waals surface area (Å²) in [6.45, 7) is 6.95. The number of hydrogen-bond donors (Lipinski definition) is 3. The Bertz CT molecular complexity index is 588. The molecule has 0 saturated heterocycles. The minimum atomic E-state index is -0.269. The van der Waals surface area contributed by atoms with Crippen molar-refractivity contribution in [3.8, 4) is 0 Å². The number of carbonyl (C=O) groups excluding carboxylic acids is 2. The average Bonchev–Trinajstić information content (AvgIpc) is 2.64. The zero-order valence-electron chi connectivity index (χ0n) is 16.2. The molecule has 0 aliphatic heterocycles. The Morgan fingerprint density at radius 3 is 2.50 bits per heavy atom. The number of nitrogens with one attached hydrogen (secondary N) is 2. The van der Waals surface area contributed by atoms with E-state index in [1.807, 2.05) is 30.3 Å². The summed E-state index contributed by atoms with van der Waals surface area (Å²) in [5, 5.41) is 6.00. The van der Waals surface area contributed by atoms with Gasteiger partial charge in [0, 0.05) is 12.5 Å². The molecule has 0 heterocycles. The van der Waals surface area contributed by atoms with E-state index < -0.39 is 0 Å². The molecule has 0 radical (unpaired) electrons. The Balaban J connectivity index is 2.04. The van der Waals surface area contributed by atoms with Gasteiger partial charge in [0.25, 0.3) is 0 Å². The van der Waals surface area contributed by atoms with E-state index in [9.17, 15) is 9.59 Å². The van der Waals surface area contributed by atoms with Gasteiger partial charge in [-0.2, -0.15) is 0 Å². The lowest BCUT2D eigenvalue weighted by Gasteiger charge is -2.36. The molecule has 0 spiro atoms. The van der Waals surface area contributed by atoms with E-state index in [0.29, 0.717) is 24.3 Å². The number of nitrogens with two attached hydrogens (primary N) is 1. The Labute approximate surface area is 157 Å². The highest BCUT2D eigenvalue weighted by molar-refractivity contribution is 5.80. The maximum atomic E-state index is 12.9. The fourth-order valence-corrected chi connectivity index (χ4v) is 4.03. The maximum absolute atomic E-state index is 12.9. The van der Waals surface area contributed by atoms with Crippen LogP contribution in [0.4, 0.5) is 0 Å². The Kier molecular flexibility index (Phi) is 7.64. The first-order valence-corrected chi connectivity index (χ1v) is 9.74. The number of rotatable bonds is 7. The third kappa shape index (κ3) is 5.56. The highest BCUT2D eigenvalue weighted by atomic mass is 16.2. The molecule has 1 aliphatic rings. The molecule has 4 N–H and O–H groups in total. The van der Waals surface area contributed by atoms with Crippen LogP contribution in [-0.2, 0) is 9.59 Å². The van der Waals surface area contributed by atoms with Gasteiger partial charge in [-0.3, -0.25) is 9.59 Å². The highest BCUT2D eigenvalue weighted by Crippen LogP contribution is 2.38. The molecule has 1 fully saturated rings. The summed E-state index contributed by atoms with van der Waals surface area (Å²) >= 11 is 0. The molecule has 1 aromatic rings. The Morgan fingerprint density at radius 2 is 1.88 bits per heavy atom. The third-order valence-corrected chi connectivity index (χ3v) is 5.56. The standard InChI is InChI=1S/C21H33N3O2/c1-14(2)17-10-9-15(3)11-18(17)21(26)23-13-19(24-20(25)12-22)16-7-5-4-6-8-16/h4-8,14-15,17-19H,9-13,22H2,1-3H3,(H,23,26)(H,24,25)/t15?,17-,18?,19?/m0/s1. The quantitative estimate of drug-likeness (QED) is 0.700. The summed E-state index contributed by atoms with van der Waals surface area (Å²) < 4.78 is 0. The summed E-state index contributed by atoms with van der Waals surface area (Å²) in [5.41, 5.74) is 6.40. The van der Waals surface area contributed by atoms with Gasteiger partial charge < -0.3 is 16.4 Å². The fourth-order valence-electron chi connectivity index (χ4n) is 4.03. The van der Waals surface area contributed by atoms with Gasteiger partial charge in [-0.15, -0.1) is 0 Å². The first kappa shape index (κ1) is 20.4. The van der Waals surface area contributed by atoms with Crippen molar-refractivity contribution in [1.29, 1.82) is 0 Å². The van der Waals surface area contributed by atoms with Crippen molar-refractivity contribution in [1.82, 2.24) is 10.6 Å². The fraction of sp³-hybridized carbons (Fsp3) is 0.619. The smallest absolute Gasteiger partial charge is 0.234 e. The van der Waals surface area contributed by atoms with Crippen LogP contribution < -0.4 is 16.4 Å². The molecule has 0 bridgehead atoms. The predicted molar refractivity (Wildman–Crippen MR) is 104 cm³/mol. The SMILES string of the molecule is CC1CC[C@@H](C(C)C)C(C(=O)NCC(NC(=O)CN)c2ccccc2)C1. The minimum Gasteiger partial charge on any atom is -0.353 e. The lowest BCUT2D eigenvalue weighted by atomic mass is 9.70. The molecule has 2 amide bonds. The molecule has 5 nitrogen and oxygen atoms in total. The normalized spacial score (nSPS) is 24.1. The molecule has 3 unspecified atom stereocenters. The van der Waals surface area contributed by atoms with Gasteiger partial charge in [-0.05, 0) is 36.2 Å². The van der Waals surface area contributed by atoms with Crippen molar-refractivity contribution in [3.05, 3.63) is 35.9 Å². The van der Waals surface area contributed by atoms with Crippen LogP contribution in [-0.4, -0.2) is 24.9 Å². The Hall–Kier alpha value is -1.88. The van der Waals surface area contributed by atoms with Gasteiger partial charge in [0.2, 0.25) is 11.8 Å². The molecule has 1 aliphatic carbocycles. The van der Waals surface area contributed by atoms with Gasteiger partial charge in [0.1, 0.15) is 0 Å². The minimum absolute atomic E-state index is 0.0559. The number of carbonyl (C=O) groups is 2. The van der Waals surface area contributed by atoms with Crippen LogP contribution >= 0.6 is 0 Å². The lowest BCUT2D eigenvalue weighted by molar-refractivity contribution is -0.129. The van der Waals surface area contributed by atoms with Crippen LogP contribution in [0.5, 0.6) is 0 Å². The third-order valence-electron chi connectivity index (χ3n) is 5.56. The molecule has 4 atom stereocenters. The van der Waals surface area contributed by atoms with Gasteiger partial charge in [0.05, 0.1) is 12.6 Å². The van der Waals surface area contributed by atoms with E-state index in [0.717, 1.165) is 18.4 Å². The van der Waals surface area contributed by atoms with E-state index in [1.165, 1.54) is 6.42 Å². The summed E-state index contributed by atoms with van der Waals surface area (Å²) in [6.07, 6.45) is 3.26. The topological polar surface area (TPSA) is 84.2 Å². The van der Waals surface area contributed by atoms with Crippen molar-refractivity contribution in [3.63, 3.8) is 0 Å². The van der Waals surface area contributed by atoms with Gasteiger partial charge in [0.15, 0.2) is 0 Å². The Morgan fingerprint density at radius 1 is 1.19 bits per heavy atom. The zero-order chi connectivity index (χ0) is 19.1. The van der Waals surface area contributed by atoms with Crippen LogP contribution in [0, 0.1) is 23.7 Å². The summed E-state index contributed by atoms with van der Waals surface area (Å²) in [5.74, 6) is 1.46. The molecular weight excluding hydrogens is 326 g/mol. The van der Waals surface area contributed by atoms with E-state index >= 15 is 0 Å². The molecule has 26 heavy (non-hydrogen) atoms. The largest absolute Gasteiger partial charge is 0.353 e. The molecule has 5 heteroatoms. The zero-order valence-corrected chi connectivity index (χ0v) is 16.2. The van der Waals surface area contributed by atoms with E-state index in [1.54, 1.807) is 0 Å². The average molecular weight is 360 g/mol. The van der Waals surface area contributed by atoms with Gasteiger partial charge in [-0.1, -0.05) is 57.5 Å². The summed E-state index contributed by atoms with van der Waals surface area (Å²) in [7, 11) is 0.